The predicted molar refractivity (Wildman–Crippen MR) is 56.3 cm³/mol. The molecule has 81 valence electrons. The van der Waals surface area contributed by atoms with E-state index in [0.717, 1.165) is 0 Å². The van der Waals surface area contributed by atoms with Gasteiger partial charge >= 0.3 is 6.03 Å². The normalized spacial score (nSPS) is 15.5. The van der Waals surface area contributed by atoms with Gasteiger partial charge in [-0.15, -0.1) is 0 Å². The van der Waals surface area contributed by atoms with E-state index in [1.54, 1.807) is 25.1 Å². The summed E-state index contributed by atoms with van der Waals surface area (Å²) in [4.78, 5) is 27.2. The van der Waals surface area contributed by atoms with Crippen molar-refractivity contribution in [1.29, 1.82) is 0 Å². The molecule has 1 aliphatic heterocycles. The molecule has 1 radical (unpaired) electrons. The number of aromatic amines is 2. The summed E-state index contributed by atoms with van der Waals surface area (Å²) in [6.45, 7) is 2.20. The minimum absolute atomic E-state index is 0.169. The number of aromatic nitrogens is 4. The zero-order valence-electron chi connectivity index (χ0n) is 8.27. The summed E-state index contributed by atoms with van der Waals surface area (Å²) in [5.74, 6) is 1.84. The van der Waals surface area contributed by atoms with Crippen molar-refractivity contribution < 1.29 is 4.79 Å². The average Bonchev–Trinajstić information content (AvgIpc) is 2.96. The van der Waals surface area contributed by atoms with Crippen LogP contribution in [0.4, 0.5) is 10.6 Å². The summed E-state index contributed by atoms with van der Waals surface area (Å²) < 4.78 is 0. The smallest absolute Gasteiger partial charge is 0.323 e. The number of imidazole rings is 2. The van der Waals surface area contributed by atoms with Crippen molar-refractivity contribution in [3.63, 3.8) is 0 Å². The molecule has 0 unspecified atom stereocenters. The largest absolute Gasteiger partial charge is 0.342 e. The van der Waals surface area contributed by atoms with E-state index in [2.05, 4.69) is 25.3 Å². The third-order valence-electron chi connectivity index (χ3n) is 2.31. The molecule has 16 heavy (non-hydrogen) atoms. The lowest BCUT2D eigenvalue weighted by Gasteiger charge is -2.08. The highest BCUT2D eigenvalue weighted by atomic mass is 16.2. The summed E-state index contributed by atoms with van der Waals surface area (Å²) in [7, 11) is 0. The van der Waals surface area contributed by atoms with Crippen LogP contribution in [0.3, 0.4) is 0 Å². The minimum Gasteiger partial charge on any atom is -0.342 e. The summed E-state index contributed by atoms with van der Waals surface area (Å²) in [6.07, 6.45) is 5.04. The molecule has 2 amide bonds. The first-order valence-corrected chi connectivity index (χ1v) is 4.79. The van der Waals surface area contributed by atoms with Gasteiger partial charge in [-0.05, 0) is 0 Å². The molecule has 1 fully saturated rings. The van der Waals surface area contributed by atoms with Crippen molar-refractivity contribution >= 4 is 11.8 Å². The molecule has 0 aromatic carbocycles. The first-order chi connectivity index (χ1) is 7.84. The van der Waals surface area contributed by atoms with Crippen molar-refractivity contribution in [2.24, 2.45) is 0 Å². The van der Waals surface area contributed by atoms with Crippen LogP contribution in [-0.4, -0.2) is 32.5 Å². The third-order valence-corrected chi connectivity index (χ3v) is 2.31. The first-order valence-electron chi connectivity index (χ1n) is 4.79. The molecule has 3 rings (SSSR count). The summed E-state index contributed by atoms with van der Waals surface area (Å²) >= 11 is 0. The van der Waals surface area contributed by atoms with Crippen LogP contribution in [0.25, 0.3) is 11.6 Å². The molecule has 3 N–H and O–H groups in total. The van der Waals surface area contributed by atoms with Crippen LogP contribution in [0, 0.1) is 6.54 Å². The zero-order chi connectivity index (χ0) is 11.0. The van der Waals surface area contributed by atoms with Gasteiger partial charge in [0.25, 0.3) is 0 Å². The van der Waals surface area contributed by atoms with Gasteiger partial charge in [0.05, 0.1) is 13.1 Å². The molecule has 0 bridgehead atoms. The number of carbonyl (C=O) groups excluding carboxylic acids is 1. The second-order valence-corrected chi connectivity index (χ2v) is 3.31. The maximum absolute atomic E-state index is 11.4. The molecular formula is C9H9N6O. The van der Waals surface area contributed by atoms with Crippen LogP contribution < -0.4 is 10.2 Å². The topological polar surface area (TPSA) is 89.7 Å². The monoisotopic (exact) mass is 217 g/mol. The Balaban J connectivity index is 1.91. The van der Waals surface area contributed by atoms with Gasteiger partial charge < -0.3 is 15.3 Å². The maximum atomic E-state index is 11.4. The van der Waals surface area contributed by atoms with Crippen LogP contribution in [0.1, 0.15) is 0 Å². The number of hydrogen-bond acceptors (Lipinski definition) is 3. The molecule has 1 aliphatic rings. The fraction of sp³-hybridized carbons (Fsp3) is 0.111. The lowest BCUT2D eigenvalue weighted by Crippen LogP contribution is -2.27. The summed E-state index contributed by atoms with van der Waals surface area (Å²) in [6, 6.07) is -0.169. The van der Waals surface area contributed by atoms with E-state index < -0.39 is 0 Å². The van der Waals surface area contributed by atoms with Crippen LogP contribution in [0.15, 0.2) is 18.6 Å². The van der Waals surface area contributed by atoms with Crippen LogP contribution in [0.2, 0.25) is 0 Å². The van der Waals surface area contributed by atoms with Gasteiger partial charge in [-0.2, -0.15) is 0 Å². The van der Waals surface area contributed by atoms with E-state index >= 15 is 0 Å². The Morgan fingerprint density at radius 1 is 1.31 bits per heavy atom. The fourth-order valence-corrected chi connectivity index (χ4v) is 1.55. The SMILES string of the molecule is O=C1N[CH]CN1c1c[nH]c(-c2ncc[nH]2)n1. The maximum Gasteiger partial charge on any atom is 0.323 e. The number of amides is 2. The van der Waals surface area contributed by atoms with E-state index in [9.17, 15) is 4.79 Å². The number of hydrogen-bond donors (Lipinski definition) is 3. The van der Waals surface area contributed by atoms with E-state index in [0.29, 0.717) is 24.0 Å². The van der Waals surface area contributed by atoms with Gasteiger partial charge in [0.1, 0.15) is 0 Å². The number of H-pyrrole nitrogens is 2. The van der Waals surface area contributed by atoms with Gasteiger partial charge in [-0.3, -0.25) is 4.90 Å². The van der Waals surface area contributed by atoms with Gasteiger partial charge in [-0.1, -0.05) is 0 Å². The highest BCUT2D eigenvalue weighted by Crippen LogP contribution is 2.18. The molecule has 0 spiro atoms. The quantitative estimate of drug-likeness (QED) is 0.683. The third kappa shape index (κ3) is 1.33. The Kier molecular flexibility index (Phi) is 1.89. The summed E-state index contributed by atoms with van der Waals surface area (Å²) in [5.41, 5.74) is 0. The highest BCUT2D eigenvalue weighted by molar-refractivity contribution is 5.94. The number of nitrogens with one attached hydrogen (secondary N) is 3. The van der Waals surface area contributed by atoms with Crippen LogP contribution in [0.5, 0.6) is 0 Å². The van der Waals surface area contributed by atoms with E-state index in [4.69, 9.17) is 0 Å². The Labute approximate surface area is 90.9 Å². The standard InChI is InChI=1S/C9H9N6O/c16-9-12-3-4-15(9)6-5-13-8(14-6)7-10-1-2-11-7/h1-3,5H,4H2,(H,10,11)(H,12,16)(H,13,14). The minimum atomic E-state index is -0.169. The van der Waals surface area contributed by atoms with Crippen molar-refractivity contribution in [2.75, 3.05) is 11.4 Å². The van der Waals surface area contributed by atoms with Crippen molar-refractivity contribution in [3.05, 3.63) is 25.1 Å². The van der Waals surface area contributed by atoms with Crippen LogP contribution >= 0.6 is 0 Å². The number of rotatable bonds is 2. The zero-order valence-corrected chi connectivity index (χ0v) is 8.27. The van der Waals surface area contributed by atoms with Crippen molar-refractivity contribution in [2.45, 2.75) is 0 Å². The highest BCUT2D eigenvalue weighted by Gasteiger charge is 2.23. The van der Waals surface area contributed by atoms with Crippen LogP contribution in [-0.2, 0) is 0 Å². The Hall–Kier alpha value is -2.31. The van der Waals surface area contributed by atoms with E-state index in [1.807, 2.05) is 0 Å². The average molecular weight is 217 g/mol. The van der Waals surface area contributed by atoms with E-state index in [-0.39, 0.29) is 6.03 Å². The first kappa shape index (κ1) is 8.96. The Morgan fingerprint density at radius 3 is 2.94 bits per heavy atom. The number of urea groups is 1. The van der Waals surface area contributed by atoms with Crippen molar-refractivity contribution in [1.82, 2.24) is 25.3 Å². The number of nitrogens with zero attached hydrogens (tertiary/aromatic N) is 3. The second-order valence-electron chi connectivity index (χ2n) is 3.31. The summed E-state index contributed by atoms with van der Waals surface area (Å²) in [5, 5.41) is 2.60. The lowest BCUT2D eigenvalue weighted by molar-refractivity contribution is 0.252. The molecular weight excluding hydrogens is 208 g/mol. The molecule has 0 saturated carbocycles. The number of anilines is 1. The van der Waals surface area contributed by atoms with Gasteiger partial charge in [0.2, 0.25) is 0 Å². The Morgan fingerprint density at radius 2 is 2.25 bits per heavy atom. The van der Waals surface area contributed by atoms with Gasteiger partial charge in [0.15, 0.2) is 17.5 Å². The molecule has 0 aliphatic carbocycles. The van der Waals surface area contributed by atoms with E-state index in [1.165, 1.54) is 4.90 Å². The molecule has 7 nitrogen and oxygen atoms in total. The van der Waals surface area contributed by atoms with Gasteiger partial charge in [0, 0.05) is 18.6 Å². The molecule has 7 heteroatoms. The lowest BCUT2D eigenvalue weighted by atomic mass is 10.5. The fourth-order valence-electron chi connectivity index (χ4n) is 1.55. The molecule has 1 saturated heterocycles. The molecule has 3 heterocycles. The second kappa shape index (κ2) is 3.37. The van der Waals surface area contributed by atoms with Gasteiger partial charge in [-0.25, -0.2) is 14.8 Å². The van der Waals surface area contributed by atoms with Crippen molar-refractivity contribution in [3.8, 4) is 11.6 Å². The predicted octanol–water partition coefficient (Wildman–Crippen LogP) is 0.491. The molecule has 0 atom stereocenters. The number of carbonyl (C=O) groups is 1. The molecule has 2 aromatic rings. The Bertz CT molecular complexity index is 502. The molecule has 2 aromatic heterocycles.